The van der Waals surface area contributed by atoms with Gasteiger partial charge in [-0.25, -0.2) is 0 Å². The van der Waals surface area contributed by atoms with Crippen LogP contribution in [0.4, 0.5) is 0 Å². The van der Waals surface area contributed by atoms with Gasteiger partial charge in [0.15, 0.2) is 0 Å². The maximum atomic E-state index is 5.13. The molecule has 1 N–H and O–H groups in total. The van der Waals surface area contributed by atoms with Crippen molar-refractivity contribution in [1.29, 1.82) is 0 Å². The van der Waals surface area contributed by atoms with E-state index in [1.807, 2.05) is 6.26 Å². The smallest absolute Gasteiger partial charge is 0.0947 e. The molecule has 1 saturated carbocycles. The van der Waals surface area contributed by atoms with Crippen molar-refractivity contribution in [2.75, 3.05) is 19.6 Å². The van der Waals surface area contributed by atoms with Crippen LogP contribution in [0, 0.1) is 5.92 Å². The molecule has 1 atom stereocenters. The molecule has 0 radical (unpaired) electrons. The average molecular weight is 220 g/mol. The lowest BCUT2D eigenvalue weighted by Crippen LogP contribution is -2.38. The predicted octanol–water partition coefficient (Wildman–Crippen LogP) is 1.85. The first-order valence-electron chi connectivity index (χ1n) is 6.38. The molecule has 88 valence electrons. The van der Waals surface area contributed by atoms with Crippen LogP contribution in [0.2, 0.25) is 0 Å². The Kier molecular flexibility index (Phi) is 2.98. The molecule has 0 amide bonds. The summed E-state index contributed by atoms with van der Waals surface area (Å²) in [5.74, 6) is 0.949. The van der Waals surface area contributed by atoms with Crippen molar-refractivity contribution < 1.29 is 4.42 Å². The van der Waals surface area contributed by atoms with E-state index < -0.39 is 0 Å². The van der Waals surface area contributed by atoms with Crippen molar-refractivity contribution in [2.45, 2.75) is 31.8 Å². The molecule has 1 aliphatic heterocycles. The minimum atomic E-state index is 0.731. The summed E-state index contributed by atoms with van der Waals surface area (Å²) >= 11 is 0. The van der Waals surface area contributed by atoms with Crippen LogP contribution < -0.4 is 5.32 Å². The Morgan fingerprint density at radius 2 is 2.38 bits per heavy atom. The standard InChI is InChI=1S/C13H20N2O/c1-5-14-13(12-2-3-12)9-15(6-1)8-11-4-7-16-10-11/h4,7,10,12-14H,1-3,5-6,8-9H2. The zero-order valence-corrected chi connectivity index (χ0v) is 9.69. The van der Waals surface area contributed by atoms with Gasteiger partial charge in [0.05, 0.1) is 12.5 Å². The van der Waals surface area contributed by atoms with Crippen molar-refractivity contribution in [3.05, 3.63) is 24.2 Å². The van der Waals surface area contributed by atoms with E-state index in [2.05, 4.69) is 16.3 Å². The first-order valence-corrected chi connectivity index (χ1v) is 6.38. The van der Waals surface area contributed by atoms with Gasteiger partial charge in [-0.3, -0.25) is 4.90 Å². The molecule has 1 aromatic heterocycles. The Morgan fingerprint density at radius 1 is 1.44 bits per heavy atom. The highest BCUT2D eigenvalue weighted by Crippen LogP contribution is 2.33. The topological polar surface area (TPSA) is 28.4 Å². The Bertz CT molecular complexity index is 319. The maximum Gasteiger partial charge on any atom is 0.0947 e. The fraction of sp³-hybridized carbons (Fsp3) is 0.692. The maximum absolute atomic E-state index is 5.13. The lowest BCUT2D eigenvalue weighted by molar-refractivity contribution is 0.250. The number of nitrogens with one attached hydrogen (secondary N) is 1. The van der Waals surface area contributed by atoms with Crippen LogP contribution in [0.3, 0.4) is 0 Å². The zero-order chi connectivity index (χ0) is 10.8. The van der Waals surface area contributed by atoms with Gasteiger partial charge >= 0.3 is 0 Å². The van der Waals surface area contributed by atoms with E-state index in [0.717, 1.165) is 18.5 Å². The molecule has 1 aromatic rings. The van der Waals surface area contributed by atoms with Crippen LogP contribution in [0.1, 0.15) is 24.8 Å². The van der Waals surface area contributed by atoms with Crippen molar-refractivity contribution in [2.24, 2.45) is 5.92 Å². The van der Waals surface area contributed by atoms with Gasteiger partial charge in [-0.2, -0.15) is 0 Å². The second kappa shape index (κ2) is 4.60. The molecule has 0 aromatic carbocycles. The molecule has 2 heterocycles. The van der Waals surface area contributed by atoms with Gasteiger partial charge < -0.3 is 9.73 Å². The SMILES string of the molecule is c1cc(CN2CCCNC(C3CC3)C2)co1. The van der Waals surface area contributed by atoms with E-state index >= 15 is 0 Å². The van der Waals surface area contributed by atoms with Crippen molar-refractivity contribution in [1.82, 2.24) is 10.2 Å². The summed E-state index contributed by atoms with van der Waals surface area (Å²) in [5.41, 5.74) is 1.30. The molecule has 0 bridgehead atoms. The van der Waals surface area contributed by atoms with Gasteiger partial charge in [-0.1, -0.05) is 0 Å². The Hall–Kier alpha value is -0.800. The molecule has 2 fully saturated rings. The van der Waals surface area contributed by atoms with E-state index in [4.69, 9.17) is 4.42 Å². The number of nitrogens with zero attached hydrogens (tertiary/aromatic N) is 1. The van der Waals surface area contributed by atoms with Crippen LogP contribution in [0.5, 0.6) is 0 Å². The summed E-state index contributed by atoms with van der Waals surface area (Å²) < 4.78 is 5.13. The van der Waals surface area contributed by atoms with Crippen LogP contribution in [-0.2, 0) is 6.54 Å². The fourth-order valence-electron chi connectivity index (χ4n) is 2.62. The van der Waals surface area contributed by atoms with E-state index in [1.54, 1.807) is 6.26 Å². The first kappa shape index (κ1) is 10.4. The Balaban J connectivity index is 1.60. The average Bonchev–Trinajstić information content (AvgIpc) is 3.03. The van der Waals surface area contributed by atoms with E-state index in [9.17, 15) is 0 Å². The van der Waals surface area contributed by atoms with Gasteiger partial charge in [0.1, 0.15) is 0 Å². The van der Waals surface area contributed by atoms with Crippen molar-refractivity contribution in [3.63, 3.8) is 0 Å². The minimum absolute atomic E-state index is 0.731. The van der Waals surface area contributed by atoms with Gasteiger partial charge in [-0.15, -0.1) is 0 Å². The molecule has 1 unspecified atom stereocenters. The third-order valence-electron chi connectivity index (χ3n) is 3.69. The molecule has 16 heavy (non-hydrogen) atoms. The largest absolute Gasteiger partial charge is 0.472 e. The van der Waals surface area contributed by atoms with Crippen LogP contribution in [0.25, 0.3) is 0 Å². The lowest BCUT2D eigenvalue weighted by Gasteiger charge is -2.23. The monoisotopic (exact) mass is 220 g/mol. The number of hydrogen-bond donors (Lipinski definition) is 1. The van der Waals surface area contributed by atoms with Gasteiger partial charge in [0.25, 0.3) is 0 Å². The minimum Gasteiger partial charge on any atom is -0.472 e. The quantitative estimate of drug-likeness (QED) is 0.842. The highest BCUT2D eigenvalue weighted by atomic mass is 16.3. The first-order chi connectivity index (χ1) is 7.92. The third kappa shape index (κ3) is 2.47. The summed E-state index contributed by atoms with van der Waals surface area (Å²) in [4.78, 5) is 2.56. The van der Waals surface area contributed by atoms with E-state index in [1.165, 1.54) is 44.5 Å². The third-order valence-corrected chi connectivity index (χ3v) is 3.69. The molecule has 3 nitrogen and oxygen atoms in total. The zero-order valence-electron chi connectivity index (χ0n) is 9.69. The molecular formula is C13H20N2O. The second-order valence-electron chi connectivity index (χ2n) is 5.12. The summed E-state index contributed by atoms with van der Waals surface area (Å²) in [6.45, 7) is 4.64. The second-order valence-corrected chi connectivity index (χ2v) is 5.12. The number of hydrogen-bond acceptors (Lipinski definition) is 3. The molecule has 3 rings (SSSR count). The summed E-state index contributed by atoms with van der Waals surface area (Å²) in [6, 6.07) is 2.80. The summed E-state index contributed by atoms with van der Waals surface area (Å²) in [5, 5.41) is 3.69. The summed E-state index contributed by atoms with van der Waals surface area (Å²) in [6.07, 6.45) is 7.75. The van der Waals surface area contributed by atoms with Crippen LogP contribution in [0.15, 0.2) is 23.0 Å². The van der Waals surface area contributed by atoms with Crippen molar-refractivity contribution >= 4 is 0 Å². The van der Waals surface area contributed by atoms with Crippen molar-refractivity contribution in [3.8, 4) is 0 Å². The highest BCUT2D eigenvalue weighted by Gasteiger charge is 2.32. The highest BCUT2D eigenvalue weighted by molar-refractivity contribution is 5.05. The van der Waals surface area contributed by atoms with Gasteiger partial charge in [0, 0.05) is 24.7 Å². The fourth-order valence-corrected chi connectivity index (χ4v) is 2.62. The van der Waals surface area contributed by atoms with Gasteiger partial charge in [0.2, 0.25) is 0 Å². The van der Waals surface area contributed by atoms with Gasteiger partial charge in [-0.05, 0) is 44.3 Å². The molecule has 1 aliphatic carbocycles. The van der Waals surface area contributed by atoms with E-state index in [-0.39, 0.29) is 0 Å². The lowest BCUT2D eigenvalue weighted by atomic mass is 10.1. The molecule has 0 spiro atoms. The Morgan fingerprint density at radius 3 is 3.12 bits per heavy atom. The molecule has 3 heteroatoms. The number of rotatable bonds is 3. The predicted molar refractivity (Wildman–Crippen MR) is 63.1 cm³/mol. The van der Waals surface area contributed by atoms with Crippen LogP contribution >= 0.6 is 0 Å². The summed E-state index contributed by atoms with van der Waals surface area (Å²) in [7, 11) is 0. The normalized spacial score (nSPS) is 27.9. The number of furan rings is 1. The van der Waals surface area contributed by atoms with E-state index in [0.29, 0.717) is 0 Å². The van der Waals surface area contributed by atoms with Crippen LogP contribution in [-0.4, -0.2) is 30.6 Å². The molecule has 2 aliphatic rings. The molecular weight excluding hydrogens is 200 g/mol. The molecule has 1 saturated heterocycles. The Labute approximate surface area is 96.8 Å².